The lowest BCUT2D eigenvalue weighted by Gasteiger charge is -2.13. The highest BCUT2D eigenvalue weighted by molar-refractivity contribution is 8.01. The molecule has 3 rings (SSSR count). The average Bonchev–Trinajstić information content (AvgIpc) is 3.05. The van der Waals surface area contributed by atoms with E-state index in [2.05, 4.69) is 4.72 Å². The van der Waals surface area contributed by atoms with E-state index >= 15 is 0 Å². The molecule has 0 saturated carbocycles. The van der Waals surface area contributed by atoms with E-state index in [1.165, 1.54) is 44.2 Å². The van der Waals surface area contributed by atoms with Gasteiger partial charge < -0.3 is 9.47 Å². The highest BCUT2D eigenvalue weighted by atomic mass is 32.2. The fourth-order valence-electron chi connectivity index (χ4n) is 2.57. The van der Waals surface area contributed by atoms with E-state index in [1.807, 2.05) is 24.3 Å². The van der Waals surface area contributed by atoms with Crippen molar-refractivity contribution in [3.63, 3.8) is 0 Å². The summed E-state index contributed by atoms with van der Waals surface area (Å²) >= 11 is 1.37. The van der Waals surface area contributed by atoms with Gasteiger partial charge in [-0.05, 0) is 30.2 Å². The van der Waals surface area contributed by atoms with E-state index in [-0.39, 0.29) is 10.6 Å². The molecule has 0 unspecified atom stereocenters. The highest BCUT2D eigenvalue weighted by Gasteiger charge is 2.31. The first kappa shape index (κ1) is 17.6. The molecule has 0 fully saturated rings. The van der Waals surface area contributed by atoms with Crippen molar-refractivity contribution in [2.45, 2.75) is 21.5 Å². The molecule has 1 heterocycles. The maximum absolute atomic E-state index is 12.5. The van der Waals surface area contributed by atoms with Gasteiger partial charge in [0.05, 0.1) is 24.4 Å². The minimum absolute atomic E-state index is 0.0565. The van der Waals surface area contributed by atoms with E-state index in [9.17, 15) is 13.2 Å². The van der Waals surface area contributed by atoms with Gasteiger partial charge in [-0.2, -0.15) is 0 Å². The van der Waals surface area contributed by atoms with Crippen molar-refractivity contribution >= 4 is 27.7 Å². The third-order valence-electron chi connectivity index (χ3n) is 3.84. The zero-order valence-electron chi connectivity index (χ0n) is 13.7. The van der Waals surface area contributed by atoms with Gasteiger partial charge in [0, 0.05) is 11.0 Å². The van der Waals surface area contributed by atoms with Gasteiger partial charge in [-0.1, -0.05) is 18.2 Å². The Morgan fingerprint density at radius 3 is 2.52 bits per heavy atom. The predicted octanol–water partition coefficient (Wildman–Crippen LogP) is 2.23. The summed E-state index contributed by atoms with van der Waals surface area (Å²) in [6.45, 7) is 0. The molecule has 1 atom stereocenters. The molecule has 1 amide bonds. The van der Waals surface area contributed by atoms with Crippen LogP contribution in [0.25, 0.3) is 0 Å². The Morgan fingerprint density at radius 2 is 1.84 bits per heavy atom. The zero-order valence-corrected chi connectivity index (χ0v) is 15.3. The number of thioether (sulfide) groups is 1. The molecule has 0 radical (unpaired) electrons. The lowest BCUT2D eigenvalue weighted by atomic mass is 10.1. The molecule has 0 bridgehead atoms. The SMILES string of the molecule is COc1ccc(S(=O)(=O)NC(=O)[C@H]2Cc3ccccc3S2)cc1OC. The topological polar surface area (TPSA) is 81.7 Å². The Hall–Kier alpha value is -2.19. The first-order chi connectivity index (χ1) is 11.9. The molecule has 0 aliphatic carbocycles. The number of rotatable bonds is 5. The molecule has 8 heteroatoms. The standard InChI is InChI=1S/C17H17NO5S2/c1-22-13-8-7-12(10-14(13)23-2)25(20,21)18-17(19)16-9-11-5-3-4-6-15(11)24-16/h3-8,10,16H,9H2,1-2H3,(H,18,19)/t16-/m1/s1. The number of methoxy groups -OCH3 is 2. The minimum atomic E-state index is -3.99. The molecule has 0 spiro atoms. The van der Waals surface area contributed by atoms with E-state index in [0.717, 1.165) is 10.5 Å². The number of ether oxygens (including phenoxy) is 2. The quantitative estimate of drug-likeness (QED) is 0.858. The Balaban J connectivity index is 1.77. The van der Waals surface area contributed by atoms with Crippen LogP contribution in [-0.2, 0) is 21.2 Å². The smallest absolute Gasteiger partial charge is 0.264 e. The Labute approximate surface area is 150 Å². The molecule has 0 aromatic heterocycles. The Morgan fingerprint density at radius 1 is 1.12 bits per heavy atom. The predicted molar refractivity (Wildman–Crippen MR) is 94.7 cm³/mol. The number of fused-ring (bicyclic) bond motifs is 1. The van der Waals surface area contributed by atoms with Crippen LogP contribution < -0.4 is 14.2 Å². The fourth-order valence-corrected chi connectivity index (χ4v) is 4.87. The second kappa shape index (κ2) is 6.97. The summed E-state index contributed by atoms with van der Waals surface area (Å²) in [4.78, 5) is 13.4. The second-order valence-electron chi connectivity index (χ2n) is 5.40. The monoisotopic (exact) mass is 379 g/mol. The molecule has 132 valence electrons. The van der Waals surface area contributed by atoms with Crippen molar-refractivity contribution in [1.82, 2.24) is 4.72 Å². The average molecular weight is 379 g/mol. The summed E-state index contributed by atoms with van der Waals surface area (Å²) in [5, 5.41) is -0.465. The van der Waals surface area contributed by atoms with Crippen LogP contribution in [0.15, 0.2) is 52.3 Å². The number of amides is 1. The summed E-state index contributed by atoms with van der Waals surface area (Å²) in [5.74, 6) is 0.158. The number of nitrogens with one attached hydrogen (secondary N) is 1. The van der Waals surface area contributed by atoms with Crippen molar-refractivity contribution in [2.24, 2.45) is 0 Å². The van der Waals surface area contributed by atoms with Gasteiger partial charge in [-0.15, -0.1) is 11.8 Å². The molecule has 1 N–H and O–H groups in total. The van der Waals surface area contributed by atoms with Crippen molar-refractivity contribution in [3.8, 4) is 11.5 Å². The number of benzene rings is 2. The Kier molecular flexibility index (Phi) is 4.91. The van der Waals surface area contributed by atoms with Crippen molar-refractivity contribution in [3.05, 3.63) is 48.0 Å². The second-order valence-corrected chi connectivity index (χ2v) is 8.33. The molecule has 25 heavy (non-hydrogen) atoms. The Bertz CT molecular complexity index is 886. The van der Waals surface area contributed by atoms with Crippen LogP contribution in [0.3, 0.4) is 0 Å². The lowest BCUT2D eigenvalue weighted by Crippen LogP contribution is -2.37. The summed E-state index contributed by atoms with van der Waals surface area (Å²) in [6.07, 6.45) is 0.508. The molecular formula is C17H17NO5S2. The van der Waals surface area contributed by atoms with E-state index in [4.69, 9.17) is 9.47 Å². The summed E-state index contributed by atoms with van der Waals surface area (Å²) in [7, 11) is -1.11. The van der Waals surface area contributed by atoms with E-state index < -0.39 is 21.2 Å². The van der Waals surface area contributed by atoms with Gasteiger partial charge in [0.2, 0.25) is 5.91 Å². The van der Waals surface area contributed by atoms with Crippen molar-refractivity contribution in [2.75, 3.05) is 14.2 Å². The summed E-state index contributed by atoms with van der Waals surface area (Å²) < 4.78 is 37.4. The van der Waals surface area contributed by atoms with Crippen LogP contribution in [0.2, 0.25) is 0 Å². The number of sulfonamides is 1. The van der Waals surface area contributed by atoms with Gasteiger partial charge in [0.1, 0.15) is 0 Å². The maximum Gasteiger partial charge on any atom is 0.264 e. The van der Waals surface area contributed by atoms with Crippen LogP contribution in [0.5, 0.6) is 11.5 Å². The van der Waals surface area contributed by atoms with Crippen LogP contribution in [0, 0.1) is 0 Å². The van der Waals surface area contributed by atoms with E-state index in [1.54, 1.807) is 0 Å². The van der Waals surface area contributed by atoms with E-state index in [0.29, 0.717) is 12.2 Å². The van der Waals surface area contributed by atoms with Gasteiger partial charge in [-0.3, -0.25) is 4.79 Å². The number of hydrogen-bond donors (Lipinski definition) is 1. The van der Waals surface area contributed by atoms with Crippen LogP contribution in [0.1, 0.15) is 5.56 Å². The van der Waals surface area contributed by atoms with Crippen molar-refractivity contribution in [1.29, 1.82) is 0 Å². The van der Waals surface area contributed by atoms with Crippen LogP contribution in [0.4, 0.5) is 0 Å². The summed E-state index contributed by atoms with van der Waals surface area (Å²) in [5.41, 5.74) is 1.05. The maximum atomic E-state index is 12.5. The van der Waals surface area contributed by atoms with Gasteiger partial charge >= 0.3 is 0 Å². The summed E-state index contributed by atoms with van der Waals surface area (Å²) in [6, 6.07) is 11.8. The molecule has 0 saturated heterocycles. The van der Waals surface area contributed by atoms with Crippen LogP contribution in [-0.4, -0.2) is 33.8 Å². The third kappa shape index (κ3) is 3.59. The van der Waals surface area contributed by atoms with Crippen LogP contribution >= 0.6 is 11.8 Å². The molecule has 2 aromatic rings. The number of carbonyl (C=O) groups excluding carboxylic acids is 1. The normalized spacial score (nSPS) is 16.2. The molecular weight excluding hydrogens is 362 g/mol. The molecule has 1 aliphatic rings. The van der Waals surface area contributed by atoms with Crippen molar-refractivity contribution < 1.29 is 22.7 Å². The molecule has 6 nitrogen and oxygen atoms in total. The highest BCUT2D eigenvalue weighted by Crippen LogP contribution is 2.37. The van der Waals surface area contributed by atoms with Gasteiger partial charge in [-0.25, -0.2) is 13.1 Å². The van der Waals surface area contributed by atoms with Gasteiger partial charge in [0.15, 0.2) is 11.5 Å². The first-order valence-electron chi connectivity index (χ1n) is 7.48. The lowest BCUT2D eigenvalue weighted by molar-refractivity contribution is -0.118. The molecule has 2 aromatic carbocycles. The first-order valence-corrected chi connectivity index (χ1v) is 9.84. The number of hydrogen-bond acceptors (Lipinski definition) is 6. The molecule has 1 aliphatic heterocycles. The minimum Gasteiger partial charge on any atom is -0.493 e. The number of carbonyl (C=O) groups is 1. The zero-order chi connectivity index (χ0) is 18.0. The third-order valence-corrected chi connectivity index (χ3v) is 6.50. The van der Waals surface area contributed by atoms with Gasteiger partial charge in [0.25, 0.3) is 10.0 Å². The fraction of sp³-hybridized carbons (Fsp3) is 0.235. The largest absolute Gasteiger partial charge is 0.493 e.